The van der Waals surface area contributed by atoms with Gasteiger partial charge in [0.05, 0.1) is 20.6 Å². The molecular formula is C31H33Cl4N3O4S. The third-order valence-corrected chi connectivity index (χ3v) is 10.5. The number of hydrogen-bond acceptors (Lipinski definition) is 4. The Hall–Kier alpha value is -2.49. The van der Waals surface area contributed by atoms with Crippen LogP contribution in [0.1, 0.15) is 51.0 Å². The molecule has 1 atom stereocenters. The van der Waals surface area contributed by atoms with Gasteiger partial charge in [0.15, 0.2) is 0 Å². The highest BCUT2D eigenvalue weighted by Gasteiger charge is 2.34. The summed E-state index contributed by atoms with van der Waals surface area (Å²) in [6.07, 6.45) is 5.27. The topological polar surface area (TPSA) is 86.8 Å². The first-order valence-corrected chi connectivity index (χ1v) is 17.0. The number of nitrogens with zero attached hydrogens (tertiary/aromatic N) is 2. The maximum atomic E-state index is 14.2. The Kier molecular flexibility index (Phi) is 11.6. The Morgan fingerprint density at radius 3 is 2.21 bits per heavy atom. The SMILES string of the molecule is CC[C@H](C(=O)NC1CCCCC1)N(Cc1ccc(Cl)c(Cl)c1)C(=O)CN(c1cccc(Cl)c1)S(=O)(=O)c1ccc(Cl)cc1. The van der Waals surface area contributed by atoms with E-state index >= 15 is 0 Å². The number of amides is 2. The van der Waals surface area contributed by atoms with Crippen molar-refractivity contribution in [1.82, 2.24) is 10.2 Å². The Labute approximate surface area is 273 Å². The molecule has 0 saturated heterocycles. The van der Waals surface area contributed by atoms with Crippen molar-refractivity contribution in [3.63, 3.8) is 0 Å². The average Bonchev–Trinajstić information content (AvgIpc) is 2.98. The van der Waals surface area contributed by atoms with Crippen LogP contribution in [0.2, 0.25) is 20.1 Å². The molecule has 0 bridgehead atoms. The summed E-state index contributed by atoms with van der Waals surface area (Å²) in [7, 11) is -4.25. The van der Waals surface area contributed by atoms with Gasteiger partial charge >= 0.3 is 0 Å². The van der Waals surface area contributed by atoms with Crippen molar-refractivity contribution < 1.29 is 18.0 Å². The minimum absolute atomic E-state index is 0.0106. The van der Waals surface area contributed by atoms with Crippen LogP contribution in [-0.4, -0.2) is 43.8 Å². The second-order valence-electron chi connectivity index (χ2n) is 10.5. The van der Waals surface area contributed by atoms with Crippen LogP contribution in [0.25, 0.3) is 0 Å². The van der Waals surface area contributed by atoms with Crippen LogP contribution in [-0.2, 0) is 26.2 Å². The summed E-state index contributed by atoms with van der Waals surface area (Å²) in [4.78, 5) is 29.2. The second kappa shape index (κ2) is 15.0. The fourth-order valence-electron chi connectivity index (χ4n) is 5.19. The molecule has 0 aliphatic heterocycles. The van der Waals surface area contributed by atoms with Gasteiger partial charge in [-0.3, -0.25) is 13.9 Å². The number of halogens is 4. The van der Waals surface area contributed by atoms with Gasteiger partial charge in [0.25, 0.3) is 10.0 Å². The number of nitrogens with one attached hydrogen (secondary N) is 1. The molecule has 1 aliphatic carbocycles. The van der Waals surface area contributed by atoms with Crippen molar-refractivity contribution in [2.24, 2.45) is 0 Å². The molecule has 3 aromatic carbocycles. The standard InChI is InChI=1S/C31H33Cl4N3O4S/c1-2-29(31(40)36-24-8-4-3-5-9-24)37(19-21-11-16-27(34)28(35)17-21)30(39)20-38(25-10-6-7-23(33)18-25)43(41,42)26-14-12-22(32)13-15-26/h6-7,10-18,24,29H,2-5,8-9,19-20H2,1H3,(H,36,40)/t29-/m1/s1. The Morgan fingerprint density at radius 1 is 0.884 bits per heavy atom. The predicted molar refractivity (Wildman–Crippen MR) is 174 cm³/mol. The van der Waals surface area contributed by atoms with Crippen molar-refractivity contribution in [2.75, 3.05) is 10.8 Å². The number of anilines is 1. The molecular weight excluding hydrogens is 652 g/mol. The Bertz CT molecular complexity index is 1550. The molecule has 3 aromatic rings. The first-order valence-electron chi connectivity index (χ1n) is 14.1. The van der Waals surface area contributed by atoms with Gasteiger partial charge in [-0.1, -0.05) is 84.7 Å². The quantitative estimate of drug-likeness (QED) is 0.224. The summed E-state index contributed by atoms with van der Waals surface area (Å²) < 4.78 is 28.9. The van der Waals surface area contributed by atoms with E-state index in [1.165, 1.54) is 35.2 Å². The largest absolute Gasteiger partial charge is 0.352 e. The van der Waals surface area contributed by atoms with Crippen molar-refractivity contribution >= 4 is 73.9 Å². The molecule has 0 radical (unpaired) electrons. The number of hydrogen-bond donors (Lipinski definition) is 1. The smallest absolute Gasteiger partial charge is 0.264 e. The van der Waals surface area contributed by atoms with E-state index in [4.69, 9.17) is 46.4 Å². The van der Waals surface area contributed by atoms with Gasteiger partial charge in [0, 0.05) is 22.6 Å². The normalized spacial score (nSPS) is 14.6. The highest BCUT2D eigenvalue weighted by Crippen LogP contribution is 2.29. The van der Waals surface area contributed by atoms with Crippen LogP contribution < -0.4 is 9.62 Å². The molecule has 7 nitrogen and oxygen atoms in total. The van der Waals surface area contributed by atoms with E-state index < -0.39 is 28.5 Å². The third-order valence-electron chi connectivity index (χ3n) is 7.45. The fraction of sp³-hybridized carbons (Fsp3) is 0.355. The van der Waals surface area contributed by atoms with Gasteiger partial charge in [-0.15, -0.1) is 0 Å². The zero-order valence-corrected chi connectivity index (χ0v) is 27.5. The van der Waals surface area contributed by atoms with E-state index in [0.717, 1.165) is 36.4 Å². The van der Waals surface area contributed by atoms with Crippen molar-refractivity contribution in [3.8, 4) is 0 Å². The van der Waals surface area contributed by atoms with Crippen LogP contribution in [0.4, 0.5) is 5.69 Å². The minimum Gasteiger partial charge on any atom is -0.352 e. The molecule has 1 fully saturated rings. The highest BCUT2D eigenvalue weighted by atomic mass is 35.5. The van der Waals surface area contributed by atoms with Crippen LogP contribution in [0.15, 0.2) is 71.6 Å². The number of carbonyl (C=O) groups excluding carboxylic acids is 2. The van der Waals surface area contributed by atoms with Gasteiger partial charge in [-0.2, -0.15) is 0 Å². The molecule has 1 aliphatic rings. The molecule has 0 aromatic heterocycles. The molecule has 230 valence electrons. The molecule has 2 amide bonds. The van der Waals surface area contributed by atoms with Gasteiger partial charge in [0.2, 0.25) is 11.8 Å². The minimum atomic E-state index is -4.25. The average molecular weight is 686 g/mol. The summed E-state index contributed by atoms with van der Waals surface area (Å²) in [5.74, 6) is -0.855. The lowest BCUT2D eigenvalue weighted by atomic mass is 9.95. The first kappa shape index (κ1) is 33.4. The van der Waals surface area contributed by atoms with Gasteiger partial charge < -0.3 is 10.2 Å². The Morgan fingerprint density at radius 2 is 1.58 bits per heavy atom. The molecule has 0 spiro atoms. The van der Waals surface area contributed by atoms with E-state index in [1.54, 1.807) is 36.4 Å². The monoisotopic (exact) mass is 683 g/mol. The van der Waals surface area contributed by atoms with E-state index in [9.17, 15) is 18.0 Å². The van der Waals surface area contributed by atoms with Gasteiger partial charge in [0.1, 0.15) is 12.6 Å². The lowest BCUT2D eigenvalue weighted by Crippen LogP contribution is -2.54. The van der Waals surface area contributed by atoms with Crippen LogP contribution in [0, 0.1) is 0 Å². The highest BCUT2D eigenvalue weighted by molar-refractivity contribution is 7.92. The first-order chi connectivity index (χ1) is 20.5. The number of carbonyl (C=O) groups is 2. The summed E-state index contributed by atoms with van der Waals surface area (Å²) in [5, 5.41) is 4.45. The van der Waals surface area contributed by atoms with Crippen LogP contribution >= 0.6 is 46.4 Å². The molecule has 43 heavy (non-hydrogen) atoms. The lowest BCUT2D eigenvalue weighted by molar-refractivity contribution is -0.140. The number of benzene rings is 3. The summed E-state index contributed by atoms with van der Waals surface area (Å²) >= 11 is 24.6. The van der Waals surface area contributed by atoms with Crippen molar-refractivity contribution in [1.29, 1.82) is 0 Å². The maximum Gasteiger partial charge on any atom is 0.264 e. The van der Waals surface area contributed by atoms with Crippen molar-refractivity contribution in [2.45, 2.75) is 69.0 Å². The maximum absolute atomic E-state index is 14.2. The van der Waals surface area contributed by atoms with Crippen LogP contribution in [0.3, 0.4) is 0 Å². The molecule has 0 heterocycles. The molecule has 1 saturated carbocycles. The molecule has 12 heteroatoms. The molecule has 4 rings (SSSR count). The predicted octanol–water partition coefficient (Wildman–Crippen LogP) is 7.75. The van der Waals surface area contributed by atoms with Crippen molar-refractivity contribution in [3.05, 3.63) is 92.4 Å². The summed E-state index contributed by atoms with van der Waals surface area (Å²) in [5.41, 5.74) is 0.839. The fourth-order valence-corrected chi connectivity index (χ4v) is 7.23. The second-order valence-corrected chi connectivity index (χ2v) is 14.0. The van der Waals surface area contributed by atoms with Crippen LogP contribution in [0.5, 0.6) is 0 Å². The third kappa shape index (κ3) is 8.58. The summed E-state index contributed by atoms with van der Waals surface area (Å²) in [6.45, 7) is 1.25. The zero-order chi connectivity index (χ0) is 31.1. The van der Waals surface area contributed by atoms with E-state index in [0.29, 0.717) is 32.1 Å². The zero-order valence-electron chi connectivity index (χ0n) is 23.6. The van der Waals surface area contributed by atoms with E-state index in [-0.39, 0.29) is 29.1 Å². The van der Waals surface area contributed by atoms with Gasteiger partial charge in [-0.25, -0.2) is 8.42 Å². The van der Waals surface area contributed by atoms with E-state index in [1.807, 2.05) is 6.92 Å². The number of rotatable bonds is 11. The lowest BCUT2D eigenvalue weighted by Gasteiger charge is -2.34. The molecule has 0 unspecified atom stereocenters. The van der Waals surface area contributed by atoms with E-state index in [2.05, 4.69) is 5.32 Å². The summed E-state index contributed by atoms with van der Waals surface area (Å²) in [6, 6.07) is 16.1. The van der Waals surface area contributed by atoms with Gasteiger partial charge in [-0.05, 0) is 79.4 Å². The number of sulfonamides is 1. The molecule has 1 N–H and O–H groups in total. The Balaban J connectivity index is 1.72.